The van der Waals surface area contributed by atoms with Crippen LogP contribution in [0.2, 0.25) is 0 Å². The van der Waals surface area contributed by atoms with Gasteiger partial charge in [-0.05, 0) is 61.3 Å². The number of benzene rings is 1. The van der Waals surface area contributed by atoms with Crippen LogP contribution in [0, 0.1) is 17.6 Å². The van der Waals surface area contributed by atoms with E-state index in [9.17, 15) is 14.0 Å². The third-order valence-electron chi connectivity index (χ3n) is 6.01. The fourth-order valence-electron chi connectivity index (χ4n) is 4.47. The molecular formula is C20H25FN2O2. The number of piperazine rings is 1. The standard InChI is InChI=1S/C20H25FN2O2/c1-13-2-4-15(5-3-13)20(25)22-11-18-17-10-16(21)7-6-14(17)8-9-23(18)19(24)12-22/h6-7,10,13,15,18H,2-5,8-9,11-12H2,1H3/i13D. The molecule has 2 heterocycles. The van der Waals surface area contributed by atoms with Crippen molar-refractivity contribution in [1.29, 1.82) is 0 Å². The first kappa shape index (κ1) is 15.4. The van der Waals surface area contributed by atoms with Crippen LogP contribution in [0.1, 0.15) is 51.1 Å². The topological polar surface area (TPSA) is 40.6 Å². The van der Waals surface area contributed by atoms with Crippen molar-refractivity contribution in [3.63, 3.8) is 0 Å². The van der Waals surface area contributed by atoms with E-state index in [1.807, 2.05) is 6.92 Å². The molecule has 1 unspecified atom stereocenters. The molecule has 1 saturated heterocycles. The number of halogens is 1. The summed E-state index contributed by atoms with van der Waals surface area (Å²) in [5.41, 5.74) is 1.90. The molecule has 1 aromatic rings. The van der Waals surface area contributed by atoms with E-state index in [0.717, 1.165) is 30.4 Å². The summed E-state index contributed by atoms with van der Waals surface area (Å²) in [6.45, 7) is 3.11. The van der Waals surface area contributed by atoms with Crippen LogP contribution in [-0.4, -0.2) is 41.2 Å². The van der Waals surface area contributed by atoms with Crippen LogP contribution in [0.15, 0.2) is 18.2 Å². The smallest absolute Gasteiger partial charge is 0.242 e. The highest BCUT2D eigenvalue weighted by atomic mass is 19.1. The Kier molecular flexibility index (Phi) is 3.95. The average molecular weight is 345 g/mol. The van der Waals surface area contributed by atoms with Crippen LogP contribution in [0.3, 0.4) is 0 Å². The first-order chi connectivity index (χ1) is 12.3. The Morgan fingerprint density at radius 2 is 2.04 bits per heavy atom. The second kappa shape index (κ2) is 6.43. The summed E-state index contributed by atoms with van der Waals surface area (Å²) in [5, 5.41) is 0. The Morgan fingerprint density at radius 3 is 2.80 bits per heavy atom. The van der Waals surface area contributed by atoms with Gasteiger partial charge in [0.25, 0.3) is 0 Å². The molecule has 134 valence electrons. The maximum Gasteiger partial charge on any atom is 0.242 e. The van der Waals surface area contributed by atoms with Crippen molar-refractivity contribution in [2.24, 2.45) is 11.8 Å². The van der Waals surface area contributed by atoms with E-state index in [4.69, 9.17) is 1.37 Å². The second-order valence-electron chi connectivity index (χ2n) is 7.65. The zero-order valence-corrected chi connectivity index (χ0v) is 14.6. The molecule has 1 saturated carbocycles. The lowest BCUT2D eigenvalue weighted by Gasteiger charge is -2.45. The minimum atomic E-state index is -0.439. The van der Waals surface area contributed by atoms with Gasteiger partial charge in [-0.3, -0.25) is 9.59 Å². The van der Waals surface area contributed by atoms with Crippen LogP contribution in [0.25, 0.3) is 0 Å². The lowest BCUT2D eigenvalue weighted by Crippen LogP contribution is -2.56. The molecule has 2 amide bonds. The lowest BCUT2D eigenvalue weighted by atomic mass is 9.82. The predicted octanol–water partition coefficient (Wildman–Crippen LogP) is 2.92. The number of carbonyl (C=O) groups excluding carboxylic acids is 2. The second-order valence-corrected chi connectivity index (χ2v) is 7.65. The number of nitrogens with zero attached hydrogens (tertiary/aromatic N) is 2. The summed E-state index contributed by atoms with van der Waals surface area (Å²) in [5.74, 6) is -0.861. The minimum absolute atomic E-state index is 0.0250. The number of fused-ring (bicyclic) bond motifs is 3. The number of hydrogen-bond acceptors (Lipinski definition) is 2. The van der Waals surface area contributed by atoms with Crippen LogP contribution >= 0.6 is 0 Å². The van der Waals surface area contributed by atoms with Gasteiger partial charge in [0.05, 0.1) is 12.6 Å². The fraction of sp³-hybridized carbons (Fsp3) is 0.600. The van der Waals surface area contributed by atoms with Crippen LogP contribution < -0.4 is 0 Å². The van der Waals surface area contributed by atoms with Gasteiger partial charge in [0.1, 0.15) is 5.82 Å². The number of amides is 2. The minimum Gasteiger partial charge on any atom is -0.332 e. The molecule has 0 radical (unpaired) electrons. The molecule has 2 fully saturated rings. The fourth-order valence-corrected chi connectivity index (χ4v) is 4.47. The van der Waals surface area contributed by atoms with E-state index in [1.165, 1.54) is 12.1 Å². The number of rotatable bonds is 1. The van der Waals surface area contributed by atoms with E-state index in [1.54, 1.807) is 15.9 Å². The van der Waals surface area contributed by atoms with Gasteiger partial charge >= 0.3 is 0 Å². The van der Waals surface area contributed by atoms with Crippen LogP contribution in [0.5, 0.6) is 0 Å². The maximum absolute atomic E-state index is 13.8. The van der Waals surface area contributed by atoms with Gasteiger partial charge in [-0.1, -0.05) is 13.0 Å². The quantitative estimate of drug-likeness (QED) is 0.785. The van der Waals surface area contributed by atoms with Crippen molar-refractivity contribution >= 4 is 11.8 Å². The maximum atomic E-state index is 13.8. The van der Waals surface area contributed by atoms with Crippen molar-refractivity contribution in [2.75, 3.05) is 19.6 Å². The largest absolute Gasteiger partial charge is 0.332 e. The summed E-state index contributed by atoms with van der Waals surface area (Å²) >= 11 is 0. The third-order valence-corrected chi connectivity index (χ3v) is 6.01. The SMILES string of the molecule is [2H]C1(C)CCC(C(=O)N2CC(=O)N3CCc4ccc(F)cc4C3C2)CC1. The molecule has 3 aliphatic rings. The summed E-state index contributed by atoms with van der Waals surface area (Å²) in [4.78, 5) is 29.1. The lowest BCUT2D eigenvalue weighted by molar-refractivity contribution is -0.152. The van der Waals surface area contributed by atoms with Gasteiger partial charge in [0.15, 0.2) is 0 Å². The van der Waals surface area contributed by atoms with Gasteiger partial charge in [-0.15, -0.1) is 0 Å². The zero-order valence-electron chi connectivity index (χ0n) is 15.6. The molecule has 4 nitrogen and oxygen atoms in total. The van der Waals surface area contributed by atoms with E-state index in [2.05, 4.69) is 0 Å². The number of carbonyl (C=O) groups is 2. The average Bonchev–Trinajstić information content (AvgIpc) is 2.61. The van der Waals surface area contributed by atoms with Gasteiger partial charge in [0.2, 0.25) is 11.8 Å². The van der Waals surface area contributed by atoms with E-state index >= 15 is 0 Å². The Balaban J connectivity index is 1.54. The molecule has 0 spiro atoms. The Morgan fingerprint density at radius 1 is 1.28 bits per heavy atom. The van der Waals surface area contributed by atoms with Crippen LogP contribution in [0.4, 0.5) is 4.39 Å². The van der Waals surface area contributed by atoms with Crippen molar-refractivity contribution in [2.45, 2.75) is 45.1 Å². The van der Waals surface area contributed by atoms with Crippen molar-refractivity contribution < 1.29 is 15.4 Å². The van der Waals surface area contributed by atoms with Crippen molar-refractivity contribution in [3.05, 3.63) is 35.1 Å². The molecule has 0 aromatic heterocycles. The highest BCUT2D eigenvalue weighted by Crippen LogP contribution is 2.35. The molecule has 2 aliphatic heterocycles. The molecule has 4 rings (SSSR count). The Bertz CT molecular complexity index is 741. The van der Waals surface area contributed by atoms with Gasteiger partial charge in [-0.25, -0.2) is 4.39 Å². The first-order valence-electron chi connectivity index (χ1n) is 9.71. The van der Waals surface area contributed by atoms with E-state index in [-0.39, 0.29) is 36.1 Å². The predicted molar refractivity (Wildman–Crippen MR) is 92.3 cm³/mol. The van der Waals surface area contributed by atoms with Gasteiger partial charge in [-0.2, -0.15) is 0 Å². The monoisotopic (exact) mass is 345 g/mol. The Labute approximate surface area is 149 Å². The van der Waals surface area contributed by atoms with Crippen molar-refractivity contribution in [3.8, 4) is 0 Å². The third kappa shape index (κ3) is 3.05. The van der Waals surface area contributed by atoms with Gasteiger partial charge < -0.3 is 9.80 Å². The highest BCUT2D eigenvalue weighted by molar-refractivity contribution is 5.87. The van der Waals surface area contributed by atoms with Crippen molar-refractivity contribution in [1.82, 2.24) is 9.80 Å². The molecular weight excluding hydrogens is 319 g/mol. The first-order valence-corrected chi connectivity index (χ1v) is 9.21. The summed E-state index contributed by atoms with van der Waals surface area (Å²) < 4.78 is 21.9. The molecule has 1 atom stereocenters. The Hall–Kier alpha value is -1.91. The summed E-state index contributed by atoms with van der Waals surface area (Å²) in [6.07, 6.45) is 3.59. The molecule has 0 bridgehead atoms. The molecule has 1 aromatic carbocycles. The number of hydrogen-bond donors (Lipinski definition) is 0. The van der Waals surface area contributed by atoms with E-state index in [0.29, 0.717) is 25.9 Å². The summed E-state index contributed by atoms with van der Waals surface area (Å²) in [7, 11) is 0. The normalized spacial score (nSPS) is 32.7. The molecule has 25 heavy (non-hydrogen) atoms. The molecule has 5 heteroatoms. The van der Waals surface area contributed by atoms with Gasteiger partial charge in [0, 0.05) is 20.4 Å². The molecule has 1 aliphatic carbocycles. The van der Waals surface area contributed by atoms with Crippen LogP contribution in [-0.2, 0) is 16.0 Å². The highest BCUT2D eigenvalue weighted by Gasteiger charge is 2.40. The zero-order chi connectivity index (χ0) is 18.5. The summed E-state index contributed by atoms with van der Waals surface area (Å²) in [6, 6.07) is 4.52. The molecule has 0 N–H and O–H groups in total. The van der Waals surface area contributed by atoms with E-state index < -0.39 is 5.89 Å².